The minimum Gasteiger partial charge on any atom is -0.370 e. The quantitative estimate of drug-likeness (QED) is 0.696. The molecule has 1 aliphatic heterocycles. The molecule has 1 fully saturated rings. The molecule has 0 spiro atoms. The molecule has 3 heteroatoms. The van der Waals surface area contributed by atoms with Crippen LogP contribution in [-0.2, 0) is 5.88 Å². The third-order valence-corrected chi connectivity index (χ3v) is 4.43. The van der Waals surface area contributed by atoms with E-state index in [2.05, 4.69) is 17.9 Å². The van der Waals surface area contributed by atoms with Gasteiger partial charge in [-0.1, -0.05) is 43.5 Å². The number of alkyl halides is 1. The Morgan fingerprint density at radius 1 is 1.28 bits per heavy atom. The number of piperidine rings is 1. The van der Waals surface area contributed by atoms with Crippen LogP contribution in [0.3, 0.4) is 0 Å². The second kappa shape index (κ2) is 6.68. The summed E-state index contributed by atoms with van der Waals surface area (Å²) in [6.45, 7) is 4.49. The van der Waals surface area contributed by atoms with Crippen molar-refractivity contribution in [2.75, 3.05) is 18.0 Å². The molecule has 18 heavy (non-hydrogen) atoms. The highest BCUT2D eigenvalue weighted by atomic mass is 35.5. The predicted molar refractivity (Wildman–Crippen MR) is 80.9 cm³/mol. The van der Waals surface area contributed by atoms with E-state index in [-0.39, 0.29) is 0 Å². The van der Waals surface area contributed by atoms with E-state index < -0.39 is 0 Å². The summed E-state index contributed by atoms with van der Waals surface area (Å²) >= 11 is 12.4. The van der Waals surface area contributed by atoms with Gasteiger partial charge >= 0.3 is 0 Å². The fourth-order valence-electron chi connectivity index (χ4n) is 2.88. The average molecular weight is 286 g/mol. The van der Waals surface area contributed by atoms with Gasteiger partial charge in [0.15, 0.2) is 0 Å². The van der Waals surface area contributed by atoms with Gasteiger partial charge in [-0.3, -0.25) is 0 Å². The van der Waals surface area contributed by atoms with Crippen LogP contribution in [0.1, 0.15) is 38.2 Å². The number of halogens is 2. The maximum atomic E-state index is 6.34. The molecule has 100 valence electrons. The topological polar surface area (TPSA) is 3.24 Å². The SMILES string of the molecule is CCCC1CCN(c2c(Cl)cccc2CCl)CC1. The van der Waals surface area contributed by atoms with Crippen molar-refractivity contribution in [3.8, 4) is 0 Å². The molecule has 1 nitrogen and oxygen atoms in total. The fraction of sp³-hybridized carbons (Fsp3) is 0.600. The van der Waals surface area contributed by atoms with Crippen molar-refractivity contribution in [2.24, 2.45) is 5.92 Å². The van der Waals surface area contributed by atoms with E-state index in [0.717, 1.165) is 35.3 Å². The summed E-state index contributed by atoms with van der Waals surface area (Å²) in [5.74, 6) is 1.43. The Morgan fingerprint density at radius 3 is 2.61 bits per heavy atom. The lowest BCUT2D eigenvalue weighted by atomic mass is 9.92. The van der Waals surface area contributed by atoms with Crippen molar-refractivity contribution in [1.82, 2.24) is 0 Å². The van der Waals surface area contributed by atoms with Crippen molar-refractivity contribution in [3.63, 3.8) is 0 Å². The van der Waals surface area contributed by atoms with Gasteiger partial charge in [0.1, 0.15) is 0 Å². The summed E-state index contributed by atoms with van der Waals surface area (Å²) < 4.78 is 0. The number of nitrogens with zero attached hydrogens (tertiary/aromatic N) is 1. The molecule has 1 aliphatic rings. The van der Waals surface area contributed by atoms with E-state index in [1.807, 2.05) is 12.1 Å². The molecule has 2 rings (SSSR count). The Balaban J connectivity index is 2.09. The highest BCUT2D eigenvalue weighted by Crippen LogP contribution is 2.34. The molecule has 0 aromatic heterocycles. The fourth-order valence-corrected chi connectivity index (χ4v) is 3.40. The molecule has 0 N–H and O–H groups in total. The van der Waals surface area contributed by atoms with Gasteiger partial charge in [-0.25, -0.2) is 0 Å². The van der Waals surface area contributed by atoms with Crippen molar-refractivity contribution in [2.45, 2.75) is 38.5 Å². The molecule has 0 saturated carbocycles. The van der Waals surface area contributed by atoms with Crippen LogP contribution in [0.15, 0.2) is 18.2 Å². The molecule has 1 aromatic carbocycles. The summed E-state index contributed by atoms with van der Waals surface area (Å²) in [6, 6.07) is 6.02. The Hall–Kier alpha value is -0.400. The van der Waals surface area contributed by atoms with Crippen LogP contribution in [-0.4, -0.2) is 13.1 Å². The van der Waals surface area contributed by atoms with Crippen LogP contribution in [0.2, 0.25) is 5.02 Å². The van der Waals surface area contributed by atoms with Gasteiger partial charge in [0.05, 0.1) is 10.7 Å². The number of para-hydroxylation sites is 1. The largest absolute Gasteiger partial charge is 0.370 e. The molecule has 0 aliphatic carbocycles. The Bertz CT molecular complexity index is 384. The first-order valence-corrected chi connectivity index (χ1v) is 7.75. The predicted octanol–water partition coefficient (Wildman–Crippen LogP) is 5.10. The first-order valence-electron chi connectivity index (χ1n) is 6.84. The molecule has 0 bridgehead atoms. The summed E-state index contributed by atoms with van der Waals surface area (Å²) in [4.78, 5) is 2.41. The van der Waals surface area contributed by atoms with Gasteiger partial charge in [-0.15, -0.1) is 11.6 Å². The third-order valence-electron chi connectivity index (χ3n) is 3.84. The third kappa shape index (κ3) is 3.13. The zero-order valence-electron chi connectivity index (χ0n) is 11.0. The van der Waals surface area contributed by atoms with Crippen LogP contribution >= 0.6 is 23.2 Å². The summed E-state index contributed by atoms with van der Waals surface area (Å²) in [5.41, 5.74) is 2.31. The molecule has 0 atom stereocenters. The summed E-state index contributed by atoms with van der Waals surface area (Å²) in [7, 11) is 0. The Labute approximate surface area is 120 Å². The van der Waals surface area contributed by atoms with Gasteiger partial charge in [0, 0.05) is 19.0 Å². The minimum absolute atomic E-state index is 0.533. The first-order chi connectivity index (χ1) is 8.76. The Kier molecular flexibility index (Phi) is 5.20. The molecule has 1 saturated heterocycles. The van der Waals surface area contributed by atoms with Crippen LogP contribution < -0.4 is 4.90 Å². The number of hydrogen-bond donors (Lipinski definition) is 0. The molecule has 0 unspecified atom stereocenters. The van der Waals surface area contributed by atoms with E-state index in [9.17, 15) is 0 Å². The molecule has 0 radical (unpaired) electrons. The van der Waals surface area contributed by atoms with Gasteiger partial charge in [-0.05, 0) is 30.4 Å². The number of anilines is 1. The highest BCUT2D eigenvalue weighted by molar-refractivity contribution is 6.33. The van der Waals surface area contributed by atoms with Crippen LogP contribution in [0.4, 0.5) is 5.69 Å². The van der Waals surface area contributed by atoms with Crippen molar-refractivity contribution in [3.05, 3.63) is 28.8 Å². The van der Waals surface area contributed by atoms with Gasteiger partial charge in [0.25, 0.3) is 0 Å². The van der Waals surface area contributed by atoms with Crippen molar-refractivity contribution < 1.29 is 0 Å². The zero-order chi connectivity index (χ0) is 13.0. The lowest BCUT2D eigenvalue weighted by Gasteiger charge is -2.35. The van der Waals surface area contributed by atoms with Crippen LogP contribution in [0.5, 0.6) is 0 Å². The molecule has 1 aromatic rings. The van der Waals surface area contributed by atoms with E-state index in [1.165, 1.54) is 25.7 Å². The van der Waals surface area contributed by atoms with Gasteiger partial charge < -0.3 is 4.90 Å². The molecular weight excluding hydrogens is 265 g/mol. The first kappa shape index (κ1) is 14.0. The number of hydrogen-bond acceptors (Lipinski definition) is 1. The smallest absolute Gasteiger partial charge is 0.0642 e. The molecular formula is C15H21Cl2N. The van der Waals surface area contributed by atoms with E-state index in [1.54, 1.807) is 0 Å². The molecule has 1 heterocycles. The maximum absolute atomic E-state index is 6.34. The monoisotopic (exact) mass is 285 g/mol. The standard InChI is InChI=1S/C15H21Cl2N/c1-2-4-12-7-9-18(10-8-12)15-13(11-16)5-3-6-14(15)17/h3,5-6,12H,2,4,7-11H2,1H3. The minimum atomic E-state index is 0.533. The number of benzene rings is 1. The van der Waals surface area contributed by atoms with E-state index in [0.29, 0.717) is 5.88 Å². The zero-order valence-corrected chi connectivity index (χ0v) is 12.5. The summed E-state index contributed by atoms with van der Waals surface area (Å²) in [6.07, 6.45) is 5.21. The number of rotatable bonds is 4. The maximum Gasteiger partial charge on any atom is 0.0642 e. The van der Waals surface area contributed by atoms with Gasteiger partial charge in [-0.2, -0.15) is 0 Å². The second-order valence-electron chi connectivity index (χ2n) is 5.10. The normalized spacial score (nSPS) is 17.2. The lowest BCUT2D eigenvalue weighted by molar-refractivity contribution is 0.378. The van der Waals surface area contributed by atoms with Gasteiger partial charge in [0.2, 0.25) is 0 Å². The van der Waals surface area contributed by atoms with Crippen molar-refractivity contribution in [1.29, 1.82) is 0 Å². The average Bonchev–Trinajstić information content (AvgIpc) is 2.40. The molecule has 0 amide bonds. The van der Waals surface area contributed by atoms with Crippen LogP contribution in [0, 0.1) is 5.92 Å². The second-order valence-corrected chi connectivity index (χ2v) is 5.77. The van der Waals surface area contributed by atoms with Crippen molar-refractivity contribution >= 4 is 28.9 Å². The van der Waals surface area contributed by atoms with E-state index >= 15 is 0 Å². The lowest BCUT2D eigenvalue weighted by Crippen LogP contribution is -2.34. The van der Waals surface area contributed by atoms with Crippen LogP contribution in [0.25, 0.3) is 0 Å². The Morgan fingerprint density at radius 2 is 2.00 bits per heavy atom. The van der Waals surface area contributed by atoms with E-state index in [4.69, 9.17) is 23.2 Å². The summed E-state index contributed by atoms with van der Waals surface area (Å²) in [5, 5.41) is 0.835. The highest BCUT2D eigenvalue weighted by Gasteiger charge is 2.21.